The molecule has 1 aliphatic carbocycles. The van der Waals surface area contributed by atoms with Crippen LogP contribution in [-0.4, -0.2) is 31.2 Å². The summed E-state index contributed by atoms with van der Waals surface area (Å²) < 4.78 is 5.38. The van der Waals surface area contributed by atoms with Gasteiger partial charge >= 0.3 is 0 Å². The number of ether oxygens (including phenoxy) is 1. The number of rotatable bonds is 3. The van der Waals surface area contributed by atoms with E-state index in [2.05, 4.69) is 29.2 Å². The molecule has 2 fully saturated rings. The minimum Gasteiger partial charge on any atom is -0.379 e. The van der Waals surface area contributed by atoms with Crippen molar-refractivity contribution in [1.29, 1.82) is 0 Å². The summed E-state index contributed by atoms with van der Waals surface area (Å²) in [7, 11) is 0. The van der Waals surface area contributed by atoms with Gasteiger partial charge in [0.2, 0.25) is 0 Å². The van der Waals surface area contributed by atoms with Gasteiger partial charge in [-0.15, -0.1) is 0 Å². The maximum atomic E-state index is 6.33. The summed E-state index contributed by atoms with van der Waals surface area (Å²) in [6.07, 6.45) is 2.26. The van der Waals surface area contributed by atoms with Crippen molar-refractivity contribution in [2.75, 3.05) is 26.3 Å². The highest BCUT2D eigenvalue weighted by atomic mass is 16.5. The Morgan fingerprint density at radius 2 is 1.88 bits per heavy atom. The fourth-order valence-corrected chi connectivity index (χ4v) is 2.55. The van der Waals surface area contributed by atoms with Gasteiger partial charge in [0.1, 0.15) is 0 Å². The van der Waals surface area contributed by atoms with Crippen molar-refractivity contribution < 1.29 is 4.74 Å². The van der Waals surface area contributed by atoms with Crippen molar-refractivity contribution in [1.82, 2.24) is 4.90 Å². The molecule has 17 heavy (non-hydrogen) atoms. The number of benzene rings is 1. The molecule has 92 valence electrons. The van der Waals surface area contributed by atoms with Crippen molar-refractivity contribution in [2.24, 2.45) is 5.73 Å². The van der Waals surface area contributed by atoms with Gasteiger partial charge < -0.3 is 10.5 Å². The molecule has 0 amide bonds. The molecule has 1 aromatic rings. The minimum atomic E-state index is -0.0249. The van der Waals surface area contributed by atoms with Gasteiger partial charge in [-0.1, -0.05) is 24.3 Å². The summed E-state index contributed by atoms with van der Waals surface area (Å²) >= 11 is 0. The van der Waals surface area contributed by atoms with Crippen LogP contribution in [0.1, 0.15) is 24.0 Å². The molecule has 0 aromatic heterocycles. The fraction of sp³-hybridized carbons (Fsp3) is 0.571. The number of hydrogen-bond donors (Lipinski definition) is 1. The minimum absolute atomic E-state index is 0.0249. The molecule has 1 aromatic carbocycles. The van der Waals surface area contributed by atoms with E-state index in [1.54, 1.807) is 0 Å². The van der Waals surface area contributed by atoms with Gasteiger partial charge in [0.25, 0.3) is 0 Å². The highest BCUT2D eigenvalue weighted by Crippen LogP contribution is 2.44. The standard InChI is InChI=1S/C14H20N2O/c15-14(5-6-14)13-4-2-1-3-12(13)11-16-7-9-17-10-8-16/h1-4H,5-11,15H2. The van der Waals surface area contributed by atoms with Crippen LogP contribution >= 0.6 is 0 Å². The van der Waals surface area contributed by atoms with Gasteiger partial charge in [0, 0.05) is 25.2 Å². The number of morpholine rings is 1. The SMILES string of the molecule is NC1(c2ccccc2CN2CCOCC2)CC1. The van der Waals surface area contributed by atoms with E-state index in [0.29, 0.717) is 0 Å². The van der Waals surface area contributed by atoms with E-state index in [-0.39, 0.29) is 5.54 Å². The zero-order chi connectivity index (χ0) is 11.7. The molecule has 3 heteroatoms. The second-order valence-electron chi connectivity index (χ2n) is 5.20. The Bertz CT molecular complexity index is 395. The lowest BCUT2D eigenvalue weighted by atomic mass is 9.98. The molecule has 0 spiro atoms. The van der Waals surface area contributed by atoms with Crippen LogP contribution in [0.15, 0.2) is 24.3 Å². The predicted molar refractivity (Wildman–Crippen MR) is 67.6 cm³/mol. The molecule has 2 N–H and O–H groups in total. The Balaban J connectivity index is 1.77. The Morgan fingerprint density at radius 3 is 2.59 bits per heavy atom. The molecule has 2 aliphatic rings. The molecular formula is C14H20N2O. The monoisotopic (exact) mass is 232 g/mol. The molecule has 1 heterocycles. The Morgan fingerprint density at radius 1 is 1.18 bits per heavy atom. The van der Waals surface area contributed by atoms with Crippen molar-refractivity contribution in [3.05, 3.63) is 35.4 Å². The van der Waals surface area contributed by atoms with E-state index in [4.69, 9.17) is 10.5 Å². The highest BCUT2D eigenvalue weighted by Gasteiger charge is 2.41. The number of hydrogen-bond acceptors (Lipinski definition) is 3. The first-order valence-electron chi connectivity index (χ1n) is 6.45. The lowest BCUT2D eigenvalue weighted by molar-refractivity contribution is 0.0340. The molecule has 3 rings (SSSR count). The van der Waals surface area contributed by atoms with Crippen molar-refractivity contribution in [3.8, 4) is 0 Å². The Kier molecular flexibility index (Phi) is 2.90. The Hall–Kier alpha value is -0.900. The third-order valence-corrected chi connectivity index (χ3v) is 3.84. The predicted octanol–water partition coefficient (Wildman–Crippen LogP) is 1.47. The first-order chi connectivity index (χ1) is 8.28. The van der Waals surface area contributed by atoms with E-state index < -0.39 is 0 Å². The van der Waals surface area contributed by atoms with Crippen LogP contribution in [0, 0.1) is 0 Å². The van der Waals surface area contributed by atoms with E-state index in [1.165, 1.54) is 11.1 Å². The van der Waals surface area contributed by atoms with E-state index in [1.807, 2.05) is 0 Å². The van der Waals surface area contributed by atoms with Crippen LogP contribution in [0.25, 0.3) is 0 Å². The maximum Gasteiger partial charge on any atom is 0.0594 e. The highest BCUT2D eigenvalue weighted by molar-refractivity contribution is 5.37. The van der Waals surface area contributed by atoms with Crippen LogP contribution in [-0.2, 0) is 16.8 Å². The van der Waals surface area contributed by atoms with Gasteiger partial charge in [-0.05, 0) is 24.0 Å². The van der Waals surface area contributed by atoms with Gasteiger partial charge in [-0.25, -0.2) is 0 Å². The summed E-state index contributed by atoms with van der Waals surface area (Å²) in [6.45, 7) is 4.79. The lowest BCUT2D eigenvalue weighted by Crippen LogP contribution is -2.36. The Labute approximate surface area is 103 Å². The first kappa shape index (κ1) is 11.2. The van der Waals surface area contributed by atoms with Gasteiger partial charge in [-0.3, -0.25) is 4.90 Å². The molecule has 0 atom stereocenters. The van der Waals surface area contributed by atoms with E-state index in [9.17, 15) is 0 Å². The third-order valence-electron chi connectivity index (χ3n) is 3.84. The summed E-state index contributed by atoms with van der Waals surface area (Å²) in [5.41, 5.74) is 9.06. The van der Waals surface area contributed by atoms with Crippen molar-refractivity contribution in [2.45, 2.75) is 24.9 Å². The van der Waals surface area contributed by atoms with Crippen molar-refractivity contribution in [3.63, 3.8) is 0 Å². The summed E-state index contributed by atoms with van der Waals surface area (Å²) in [5, 5.41) is 0. The quantitative estimate of drug-likeness (QED) is 0.857. The van der Waals surface area contributed by atoms with E-state index in [0.717, 1.165) is 45.7 Å². The molecule has 0 radical (unpaired) electrons. The summed E-state index contributed by atoms with van der Waals surface area (Å²) in [4.78, 5) is 2.45. The summed E-state index contributed by atoms with van der Waals surface area (Å²) in [5.74, 6) is 0. The topological polar surface area (TPSA) is 38.5 Å². The smallest absolute Gasteiger partial charge is 0.0594 e. The van der Waals surface area contributed by atoms with Crippen LogP contribution in [0.3, 0.4) is 0 Å². The fourth-order valence-electron chi connectivity index (χ4n) is 2.55. The lowest BCUT2D eigenvalue weighted by Gasteiger charge is -2.28. The molecule has 0 unspecified atom stereocenters. The third kappa shape index (κ3) is 2.37. The van der Waals surface area contributed by atoms with Crippen LogP contribution in [0.4, 0.5) is 0 Å². The summed E-state index contributed by atoms with van der Waals surface area (Å²) in [6, 6.07) is 8.64. The molecule has 1 aliphatic heterocycles. The van der Waals surface area contributed by atoms with Crippen molar-refractivity contribution >= 4 is 0 Å². The average molecular weight is 232 g/mol. The zero-order valence-electron chi connectivity index (χ0n) is 10.2. The zero-order valence-corrected chi connectivity index (χ0v) is 10.2. The largest absolute Gasteiger partial charge is 0.379 e. The molecule has 0 bridgehead atoms. The second kappa shape index (κ2) is 4.41. The molecule has 1 saturated carbocycles. The van der Waals surface area contributed by atoms with Gasteiger partial charge in [0.15, 0.2) is 0 Å². The number of nitrogens with two attached hydrogens (primary N) is 1. The average Bonchev–Trinajstić information content (AvgIpc) is 3.10. The normalized spacial score (nSPS) is 23.6. The van der Waals surface area contributed by atoms with Crippen LogP contribution in [0.2, 0.25) is 0 Å². The molecular weight excluding hydrogens is 212 g/mol. The van der Waals surface area contributed by atoms with Gasteiger partial charge in [0.05, 0.1) is 13.2 Å². The van der Waals surface area contributed by atoms with Crippen LogP contribution < -0.4 is 5.73 Å². The first-order valence-corrected chi connectivity index (χ1v) is 6.45. The van der Waals surface area contributed by atoms with Crippen LogP contribution in [0.5, 0.6) is 0 Å². The van der Waals surface area contributed by atoms with Gasteiger partial charge in [-0.2, -0.15) is 0 Å². The number of nitrogens with zero attached hydrogens (tertiary/aromatic N) is 1. The molecule has 1 saturated heterocycles. The second-order valence-corrected chi connectivity index (χ2v) is 5.20. The van der Waals surface area contributed by atoms with E-state index >= 15 is 0 Å². The molecule has 3 nitrogen and oxygen atoms in total. The maximum absolute atomic E-state index is 6.33.